The van der Waals surface area contributed by atoms with E-state index in [0.717, 1.165) is 27.6 Å². The predicted octanol–water partition coefficient (Wildman–Crippen LogP) is -1.16. The van der Waals surface area contributed by atoms with E-state index in [4.69, 9.17) is 12.2 Å². The maximum absolute atomic E-state index is 14.4. The lowest BCUT2D eigenvalue weighted by atomic mass is 9.66. The fourth-order valence-corrected chi connectivity index (χ4v) is 5.20. The Balaban J connectivity index is 1.66. The number of rotatable bonds is 6. The van der Waals surface area contributed by atoms with E-state index < -0.39 is 11.9 Å². The van der Waals surface area contributed by atoms with Gasteiger partial charge < -0.3 is 15.6 Å². The second-order valence-electron chi connectivity index (χ2n) is 11.0. The number of allylic oxidation sites excluding steroid dienone is 4. The molecule has 0 aliphatic rings. The molecule has 45 heavy (non-hydrogen) atoms. The Morgan fingerprint density at radius 1 is 1.11 bits per heavy atom. The van der Waals surface area contributed by atoms with Gasteiger partial charge in [0.05, 0.1) is 17.6 Å². The first kappa shape index (κ1) is 30.8. The van der Waals surface area contributed by atoms with Gasteiger partial charge in [0.2, 0.25) is 0 Å². The van der Waals surface area contributed by atoms with Crippen LogP contribution >= 0.6 is 0 Å². The van der Waals surface area contributed by atoms with E-state index in [2.05, 4.69) is 38.3 Å². The number of fused-ring (bicyclic) bond motifs is 2. The quantitative estimate of drug-likeness (QED) is 0.146. The molecule has 3 N–H and O–H groups in total. The molecule has 5 rings (SSSR count). The van der Waals surface area contributed by atoms with Crippen molar-refractivity contribution in [3.05, 3.63) is 110 Å². The van der Waals surface area contributed by atoms with Gasteiger partial charge >= 0.3 is 0 Å². The number of carbonyl (C=O) groups is 1. The van der Waals surface area contributed by atoms with Gasteiger partial charge in [-0.1, -0.05) is 34.9 Å². The van der Waals surface area contributed by atoms with Crippen molar-refractivity contribution in [3.8, 4) is 24.2 Å². The molecule has 1 unspecified atom stereocenters. The van der Waals surface area contributed by atoms with Crippen LogP contribution in [0.25, 0.3) is 16.4 Å². The summed E-state index contributed by atoms with van der Waals surface area (Å²) in [4.78, 5) is 32.3. The van der Waals surface area contributed by atoms with Crippen molar-refractivity contribution in [2.75, 3.05) is 5.73 Å². The number of amides is 1. The highest BCUT2D eigenvalue weighted by Gasteiger charge is 2.23. The zero-order chi connectivity index (χ0) is 32.4. The van der Waals surface area contributed by atoms with Crippen LogP contribution in [-0.2, 0) is 13.6 Å². The highest BCUT2D eigenvalue weighted by molar-refractivity contribution is 6.44. The van der Waals surface area contributed by atoms with Crippen molar-refractivity contribution < 1.29 is 4.79 Å². The van der Waals surface area contributed by atoms with Crippen LogP contribution < -0.4 is 16.6 Å². The zero-order valence-corrected chi connectivity index (χ0v) is 26.1. The first-order valence-electron chi connectivity index (χ1n) is 14.4. The maximum atomic E-state index is 14.4. The number of anilines is 1. The van der Waals surface area contributed by atoms with E-state index in [1.807, 2.05) is 75.7 Å². The molecular formula is C31H30B4N8O2. The number of carbonyl (C=O) groups excluding carboxylic acids is 1. The van der Waals surface area contributed by atoms with Crippen LogP contribution in [0.5, 0.6) is 0 Å². The number of aromatic nitrogens is 6. The minimum Gasteiger partial charge on any atom is -0.381 e. The molecule has 14 heteroatoms. The molecule has 0 aliphatic carbocycles. The largest absolute Gasteiger partial charge is 0.381 e. The summed E-state index contributed by atoms with van der Waals surface area (Å²) >= 11 is 0. The van der Waals surface area contributed by atoms with Gasteiger partial charge in [-0.3, -0.25) is 14.3 Å². The topological polar surface area (TPSA) is 125 Å². The van der Waals surface area contributed by atoms with Crippen molar-refractivity contribution in [1.82, 2.24) is 34.3 Å². The Morgan fingerprint density at radius 3 is 2.60 bits per heavy atom. The van der Waals surface area contributed by atoms with Crippen LogP contribution in [0.2, 0.25) is 0 Å². The van der Waals surface area contributed by atoms with Gasteiger partial charge in [-0.05, 0) is 48.0 Å². The number of terminal acetylenes is 1. The third kappa shape index (κ3) is 5.96. The summed E-state index contributed by atoms with van der Waals surface area (Å²) < 4.78 is 4.83. The molecule has 0 radical (unpaired) electrons. The van der Waals surface area contributed by atoms with Gasteiger partial charge in [-0.25, -0.2) is 9.50 Å². The molecule has 0 saturated carbocycles. The van der Waals surface area contributed by atoms with E-state index in [9.17, 15) is 9.59 Å². The molecule has 218 valence electrons. The van der Waals surface area contributed by atoms with Crippen molar-refractivity contribution in [3.63, 3.8) is 0 Å². The summed E-state index contributed by atoms with van der Waals surface area (Å²) in [5, 5.41) is 12.6. The third-order valence-corrected chi connectivity index (χ3v) is 8.13. The molecule has 1 amide bonds. The molecule has 4 heterocycles. The van der Waals surface area contributed by atoms with Crippen molar-refractivity contribution in [2.24, 2.45) is 7.05 Å². The number of nitrogens with zero attached hydrogens (tertiary/aromatic N) is 6. The lowest BCUT2D eigenvalue weighted by Crippen LogP contribution is -2.33. The number of nitrogens with one attached hydrogen (secondary N) is 1. The van der Waals surface area contributed by atoms with E-state index in [-0.39, 0.29) is 23.5 Å². The van der Waals surface area contributed by atoms with E-state index >= 15 is 0 Å². The summed E-state index contributed by atoms with van der Waals surface area (Å²) in [5.74, 6) is 8.62. The number of aryl methyl sites for hydroxylation is 1. The summed E-state index contributed by atoms with van der Waals surface area (Å²) in [6.07, 6.45) is 10.6. The minimum atomic E-state index is -0.589. The SMILES string of the molecule is B/C(C#C)=C(B)/C(B)=C(/B)Cn1c(C(C)NC(=O)c2c(N)nn3cccnc23)cc2cccc(C#Cc3ccnn3C)c2c1=O. The lowest BCUT2D eigenvalue weighted by Gasteiger charge is -2.22. The number of pyridine rings is 1. The maximum Gasteiger partial charge on any atom is 0.260 e. The average Bonchev–Trinajstić information content (AvgIpc) is 3.60. The standard InChI is InChI=1S/C31H30B4N8O2/c1-4-21(32)26(34)27(35)22(33)16-42-23(17(2)39-30(44)25-28(36)40-43-14-6-12-37-29(25)43)15-19-8-5-7-18(24(19)31(42)45)9-10-20-11-13-38-41(20)3/h1,5-8,11-15,17H,16,32-35H2,2-3H3,(H2,36,40)(H,39,44)/b26-21-,27-22-. The lowest BCUT2D eigenvalue weighted by molar-refractivity contribution is 0.0940. The molecule has 0 saturated heterocycles. The van der Waals surface area contributed by atoms with Gasteiger partial charge in [0.1, 0.15) is 42.6 Å². The van der Waals surface area contributed by atoms with Crippen LogP contribution in [0.1, 0.15) is 40.3 Å². The highest BCUT2D eigenvalue weighted by atomic mass is 16.2. The average molecular weight is 590 g/mol. The Morgan fingerprint density at radius 2 is 1.89 bits per heavy atom. The van der Waals surface area contributed by atoms with Crippen LogP contribution in [-0.4, -0.2) is 66.2 Å². The minimum absolute atomic E-state index is 0.0616. The molecule has 5 aromatic rings. The van der Waals surface area contributed by atoms with Gasteiger partial charge in [0, 0.05) is 37.2 Å². The summed E-state index contributed by atoms with van der Waals surface area (Å²) in [6.45, 7) is 2.10. The smallest absolute Gasteiger partial charge is 0.260 e. The van der Waals surface area contributed by atoms with Gasteiger partial charge in [-0.15, -0.1) is 17.0 Å². The second-order valence-corrected chi connectivity index (χ2v) is 11.0. The van der Waals surface area contributed by atoms with Crippen LogP contribution in [0.4, 0.5) is 5.82 Å². The molecule has 10 nitrogen and oxygen atoms in total. The Hall–Kier alpha value is -5.61. The van der Waals surface area contributed by atoms with Gasteiger partial charge in [0.15, 0.2) is 11.5 Å². The molecule has 0 spiro atoms. The Labute approximate surface area is 264 Å². The molecular weight excluding hydrogens is 560 g/mol. The molecule has 1 atom stereocenters. The van der Waals surface area contributed by atoms with E-state index in [0.29, 0.717) is 27.7 Å². The van der Waals surface area contributed by atoms with Crippen LogP contribution in [0, 0.1) is 24.2 Å². The summed E-state index contributed by atoms with van der Waals surface area (Å²) in [7, 11) is 9.65. The molecule has 0 fully saturated rings. The van der Waals surface area contributed by atoms with Crippen molar-refractivity contribution in [1.29, 1.82) is 0 Å². The number of hydrogen-bond donors (Lipinski definition) is 2. The predicted molar refractivity (Wildman–Crippen MR) is 188 cm³/mol. The molecule has 1 aromatic carbocycles. The fourth-order valence-electron chi connectivity index (χ4n) is 5.20. The second kappa shape index (κ2) is 12.6. The van der Waals surface area contributed by atoms with Crippen molar-refractivity contribution >= 4 is 59.5 Å². The fraction of sp³-hybridized carbons (Fsp3) is 0.129. The number of benzene rings is 1. The van der Waals surface area contributed by atoms with Gasteiger partial charge in [0.25, 0.3) is 11.5 Å². The van der Waals surface area contributed by atoms with E-state index in [1.165, 1.54) is 4.52 Å². The van der Waals surface area contributed by atoms with E-state index in [1.54, 1.807) is 33.9 Å². The number of hydrogen-bond acceptors (Lipinski definition) is 6. The third-order valence-electron chi connectivity index (χ3n) is 8.13. The normalized spacial score (nSPS) is 12.9. The monoisotopic (exact) mass is 590 g/mol. The molecule has 0 aliphatic heterocycles. The van der Waals surface area contributed by atoms with Crippen LogP contribution in [0.3, 0.4) is 0 Å². The highest BCUT2D eigenvalue weighted by Crippen LogP contribution is 2.23. The molecule has 4 aromatic heterocycles. The van der Waals surface area contributed by atoms with Crippen molar-refractivity contribution in [2.45, 2.75) is 19.5 Å². The van der Waals surface area contributed by atoms with Crippen LogP contribution in [0.15, 0.2) is 81.7 Å². The summed E-state index contributed by atoms with van der Waals surface area (Å²) in [6, 6.07) is 10.4. The zero-order valence-electron chi connectivity index (χ0n) is 26.1. The van der Waals surface area contributed by atoms with Gasteiger partial charge in [-0.2, -0.15) is 5.10 Å². The number of nitrogen functional groups attached to an aromatic ring is 1. The number of nitrogens with two attached hydrogens (primary N) is 1. The summed E-state index contributed by atoms with van der Waals surface area (Å²) in [5.41, 5.74) is 12.1. The Bertz CT molecular complexity index is 2230. The molecule has 0 bridgehead atoms. The first-order chi connectivity index (χ1) is 21.5. The Kier molecular flexibility index (Phi) is 8.60. The first-order valence-corrected chi connectivity index (χ1v) is 14.4.